The second kappa shape index (κ2) is 26.6. The molecule has 0 aliphatic rings. The molecular weight excluding hydrogens is 754 g/mol. The fourth-order valence-corrected chi connectivity index (χ4v) is 5.43. The summed E-state index contributed by atoms with van der Waals surface area (Å²) in [5, 5.41) is 23.0. The molecule has 1 aromatic rings. The Morgan fingerprint density at radius 1 is 0.586 bits per heavy atom. The lowest BCUT2D eigenvalue weighted by Crippen LogP contribution is -2.60. The second-order valence-electron chi connectivity index (χ2n) is 13.8. The largest absolute Gasteiger partial charge is 0.480 e. The Kier molecular flexibility index (Phi) is 22.9. The van der Waals surface area contributed by atoms with Gasteiger partial charge in [0, 0.05) is 26.1 Å². The zero-order chi connectivity index (χ0) is 43.8. The highest BCUT2D eigenvalue weighted by molar-refractivity contribution is 5.96. The van der Waals surface area contributed by atoms with Gasteiger partial charge >= 0.3 is 5.97 Å². The van der Waals surface area contributed by atoms with Gasteiger partial charge in [-0.2, -0.15) is 0 Å². The topological polar surface area (TPSA) is 402 Å². The van der Waals surface area contributed by atoms with Gasteiger partial charge in [-0.25, -0.2) is 4.79 Å². The van der Waals surface area contributed by atoms with Gasteiger partial charge < -0.3 is 71.8 Å². The lowest BCUT2D eigenvalue weighted by molar-refractivity contribution is -0.143. The van der Waals surface area contributed by atoms with E-state index in [1.165, 1.54) is 6.92 Å². The fourth-order valence-electron chi connectivity index (χ4n) is 5.43. The molecular formula is C36H63N15O7. The molecule has 0 bridgehead atoms. The van der Waals surface area contributed by atoms with Crippen LogP contribution in [0.4, 0.5) is 0 Å². The minimum absolute atomic E-state index is 0.00305. The molecule has 324 valence electrons. The molecule has 20 N–H and O–H groups in total. The second-order valence-corrected chi connectivity index (χ2v) is 13.8. The number of nitrogens with one attached hydrogen (secondary N) is 5. The van der Waals surface area contributed by atoms with Crippen molar-refractivity contribution in [2.24, 2.45) is 61.0 Å². The normalized spacial score (nSPS) is 14.3. The van der Waals surface area contributed by atoms with Gasteiger partial charge in [0.05, 0.1) is 6.04 Å². The van der Waals surface area contributed by atoms with Crippen molar-refractivity contribution in [2.75, 3.05) is 19.6 Å². The first-order valence-electron chi connectivity index (χ1n) is 19.1. The molecule has 0 radical (unpaired) electrons. The van der Waals surface area contributed by atoms with E-state index in [0.29, 0.717) is 18.4 Å². The third kappa shape index (κ3) is 20.1. The van der Waals surface area contributed by atoms with E-state index in [0.717, 1.165) is 0 Å². The van der Waals surface area contributed by atoms with Crippen LogP contribution >= 0.6 is 0 Å². The maximum Gasteiger partial charge on any atom is 0.326 e. The van der Waals surface area contributed by atoms with Crippen LogP contribution in [0.2, 0.25) is 0 Å². The summed E-state index contributed by atoms with van der Waals surface area (Å²) in [6.07, 6.45) is 1.24. The van der Waals surface area contributed by atoms with Crippen LogP contribution in [0.15, 0.2) is 45.3 Å². The minimum Gasteiger partial charge on any atom is -0.480 e. The SMILES string of the molecule is CC[C@H](C)[C@H](NC(=O)[C@H](CCCN=C(N)N)NC(=O)[C@H](Cc1ccccc1)NC(=O)[C@H](CCCN=C(N)N)NC(=O)[C@H](C)N)C(=O)N[C@@H](CCCN=C(N)N)C(=O)O. The molecule has 0 saturated heterocycles. The maximum atomic E-state index is 14.1. The van der Waals surface area contributed by atoms with Crippen molar-refractivity contribution in [3.63, 3.8) is 0 Å². The van der Waals surface area contributed by atoms with Gasteiger partial charge in [0.15, 0.2) is 17.9 Å². The number of benzene rings is 1. The zero-order valence-corrected chi connectivity index (χ0v) is 33.5. The predicted octanol–water partition coefficient (Wildman–Crippen LogP) is -3.71. The average molecular weight is 818 g/mol. The van der Waals surface area contributed by atoms with Gasteiger partial charge in [0.25, 0.3) is 0 Å². The van der Waals surface area contributed by atoms with Crippen LogP contribution in [0.3, 0.4) is 0 Å². The average Bonchev–Trinajstić information content (AvgIpc) is 3.16. The molecule has 0 aliphatic carbocycles. The summed E-state index contributed by atoms with van der Waals surface area (Å²) >= 11 is 0. The number of carboxylic acids is 1. The summed E-state index contributed by atoms with van der Waals surface area (Å²) in [5.41, 5.74) is 38.9. The van der Waals surface area contributed by atoms with Gasteiger partial charge in [-0.05, 0) is 56.9 Å². The third-order valence-electron chi connectivity index (χ3n) is 8.84. The van der Waals surface area contributed by atoms with E-state index in [-0.39, 0.29) is 76.0 Å². The van der Waals surface area contributed by atoms with Crippen molar-refractivity contribution in [1.82, 2.24) is 26.6 Å². The highest BCUT2D eigenvalue weighted by atomic mass is 16.4. The number of rotatable bonds is 27. The minimum atomic E-state index is -1.31. The maximum absolute atomic E-state index is 14.1. The molecule has 0 heterocycles. The van der Waals surface area contributed by atoms with Crippen molar-refractivity contribution in [3.8, 4) is 0 Å². The molecule has 0 aliphatic heterocycles. The number of hydrogen-bond acceptors (Lipinski definition) is 10. The van der Waals surface area contributed by atoms with Crippen LogP contribution < -0.4 is 66.7 Å². The van der Waals surface area contributed by atoms with Crippen LogP contribution in [0.25, 0.3) is 0 Å². The van der Waals surface area contributed by atoms with Gasteiger partial charge in [0.1, 0.15) is 30.2 Å². The summed E-state index contributed by atoms with van der Waals surface area (Å²) in [6, 6.07) is 1.64. The predicted molar refractivity (Wildman–Crippen MR) is 220 cm³/mol. The highest BCUT2D eigenvalue weighted by Gasteiger charge is 2.34. The molecule has 58 heavy (non-hydrogen) atoms. The number of aliphatic carboxylic acids is 1. The number of guanidine groups is 3. The molecule has 0 spiro atoms. The van der Waals surface area contributed by atoms with E-state index in [9.17, 15) is 33.9 Å². The van der Waals surface area contributed by atoms with E-state index in [1.807, 2.05) is 0 Å². The van der Waals surface area contributed by atoms with Gasteiger partial charge in [0.2, 0.25) is 29.5 Å². The first kappa shape index (κ1) is 49.8. The van der Waals surface area contributed by atoms with Crippen LogP contribution in [0, 0.1) is 5.92 Å². The molecule has 22 heteroatoms. The Bertz CT molecular complexity index is 1580. The van der Waals surface area contributed by atoms with E-state index in [1.54, 1.807) is 44.2 Å². The molecule has 0 aromatic heterocycles. The van der Waals surface area contributed by atoms with Crippen molar-refractivity contribution in [1.29, 1.82) is 0 Å². The number of amides is 5. The number of carbonyl (C=O) groups is 6. The number of hydrogen-bond donors (Lipinski definition) is 13. The van der Waals surface area contributed by atoms with E-state index in [4.69, 9.17) is 40.1 Å². The Morgan fingerprint density at radius 3 is 1.41 bits per heavy atom. The van der Waals surface area contributed by atoms with E-state index < -0.39 is 77.7 Å². The molecule has 1 aromatic carbocycles. The summed E-state index contributed by atoms with van der Waals surface area (Å²) in [6.45, 7) is 5.35. The molecule has 0 unspecified atom stereocenters. The quantitative estimate of drug-likeness (QED) is 0.0231. The zero-order valence-electron chi connectivity index (χ0n) is 33.5. The monoisotopic (exact) mass is 818 g/mol. The number of nitrogens with two attached hydrogens (primary N) is 7. The molecule has 0 saturated carbocycles. The Hall–Kier alpha value is -6.19. The van der Waals surface area contributed by atoms with Gasteiger partial charge in [-0.15, -0.1) is 0 Å². The van der Waals surface area contributed by atoms with Crippen molar-refractivity contribution >= 4 is 53.4 Å². The number of nitrogens with zero attached hydrogens (tertiary/aromatic N) is 3. The Balaban J connectivity index is 3.45. The first-order valence-corrected chi connectivity index (χ1v) is 19.1. The van der Waals surface area contributed by atoms with Crippen molar-refractivity contribution < 1.29 is 33.9 Å². The van der Waals surface area contributed by atoms with Gasteiger partial charge in [-0.3, -0.25) is 38.9 Å². The fraction of sp³-hybridized carbons (Fsp3) is 0.583. The highest BCUT2D eigenvalue weighted by Crippen LogP contribution is 2.12. The molecule has 7 atom stereocenters. The van der Waals surface area contributed by atoms with Crippen LogP contribution in [-0.4, -0.2) is 114 Å². The number of aliphatic imine (C=N–C) groups is 3. The Morgan fingerprint density at radius 2 is 0.983 bits per heavy atom. The molecule has 1 rings (SSSR count). The number of carbonyl (C=O) groups excluding carboxylic acids is 5. The van der Waals surface area contributed by atoms with Crippen LogP contribution in [0.5, 0.6) is 0 Å². The first-order chi connectivity index (χ1) is 27.4. The molecule has 22 nitrogen and oxygen atoms in total. The molecule has 0 fully saturated rings. The number of carboxylic acid groups (broad SMARTS) is 1. The van der Waals surface area contributed by atoms with Crippen molar-refractivity contribution in [3.05, 3.63) is 35.9 Å². The smallest absolute Gasteiger partial charge is 0.326 e. The van der Waals surface area contributed by atoms with Crippen LogP contribution in [-0.2, 0) is 35.2 Å². The Labute approximate surface area is 338 Å². The van der Waals surface area contributed by atoms with E-state index >= 15 is 0 Å². The van der Waals surface area contributed by atoms with Crippen molar-refractivity contribution in [2.45, 2.75) is 108 Å². The van der Waals surface area contributed by atoms with Crippen LogP contribution in [0.1, 0.15) is 71.3 Å². The summed E-state index contributed by atoms with van der Waals surface area (Å²) in [4.78, 5) is 91.7. The lowest BCUT2D eigenvalue weighted by atomic mass is 9.96. The van der Waals surface area contributed by atoms with Gasteiger partial charge in [-0.1, -0.05) is 50.6 Å². The summed E-state index contributed by atoms with van der Waals surface area (Å²) in [7, 11) is 0. The molecule has 5 amide bonds. The van der Waals surface area contributed by atoms with E-state index in [2.05, 4.69) is 41.6 Å². The standard InChI is InChI=1S/C36H63N15O7/c1-4-20(2)27(32(56)49-25(33(57)58)15-10-18-46-36(42)43)51-30(54)24(14-9-17-45-35(40)41)48-31(55)26(19-22-11-6-5-7-12-22)50-29(53)23(47-28(52)21(3)37)13-8-16-44-34(38)39/h5-7,11-12,20-21,23-27H,4,8-10,13-19,37H2,1-3H3,(H,47,52)(H,48,55)(H,49,56)(H,50,53)(H,51,54)(H,57,58)(H4,38,39,44)(H4,40,41,45)(H4,42,43,46)/t20-,21-,23-,24-,25-,26-,27-/m0/s1. The lowest BCUT2D eigenvalue weighted by Gasteiger charge is -2.29. The summed E-state index contributed by atoms with van der Waals surface area (Å²) < 4.78 is 0. The summed E-state index contributed by atoms with van der Waals surface area (Å²) in [5.74, 6) is -5.83. The third-order valence-corrected chi connectivity index (χ3v) is 8.84.